The van der Waals surface area contributed by atoms with Gasteiger partial charge in [-0.05, 0) is 0 Å². The van der Waals surface area contributed by atoms with E-state index in [1.807, 2.05) is 0 Å². The van der Waals surface area contributed by atoms with Crippen LogP contribution in [0, 0.1) is 0 Å². The fourth-order valence-electron chi connectivity index (χ4n) is 0.445. The predicted octanol–water partition coefficient (Wildman–Crippen LogP) is -2.01. The summed E-state index contributed by atoms with van der Waals surface area (Å²) in [5.41, 5.74) is 0. The van der Waals surface area contributed by atoms with Crippen molar-refractivity contribution in [3.63, 3.8) is 0 Å². The molecule has 0 bridgehead atoms. The number of hydrogen-bond acceptors (Lipinski definition) is 7. The Morgan fingerprint density at radius 2 is 1.57 bits per heavy atom. The van der Waals surface area contributed by atoms with Crippen LogP contribution in [-0.2, 0) is 29.2 Å². The Hall–Kier alpha value is -0.300. The Labute approximate surface area is 80.2 Å². The molecule has 1 unspecified atom stereocenters. The van der Waals surface area contributed by atoms with Crippen LogP contribution in [0.4, 0.5) is 0 Å². The molecule has 0 aliphatic heterocycles. The Balaban J connectivity index is 4.19. The topological polar surface area (TPSA) is 147 Å². The van der Waals surface area contributed by atoms with Gasteiger partial charge in [0.25, 0.3) is 0 Å². The third-order valence-corrected chi connectivity index (χ3v) is 1.81. The highest BCUT2D eigenvalue weighted by molar-refractivity contribution is 7.81. The summed E-state index contributed by atoms with van der Waals surface area (Å²) in [4.78, 5) is 0. The molecule has 9 nitrogen and oxygen atoms in total. The van der Waals surface area contributed by atoms with Gasteiger partial charge in [-0.2, -0.15) is 16.8 Å². The van der Waals surface area contributed by atoms with E-state index in [0.717, 1.165) is 0 Å². The van der Waals surface area contributed by atoms with Gasteiger partial charge in [0.15, 0.2) is 0 Å². The molecule has 0 aliphatic rings. The van der Waals surface area contributed by atoms with Crippen LogP contribution in [0.1, 0.15) is 0 Å². The van der Waals surface area contributed by atoms with Crippen LogP contribution < -0.4 is 0 Å². The van der Waals surface area contributed by atoms with E-state index in [4.69, 9.17) is 14.2 Å². The fraction of sp³-hybridized carbons (Fsp3) is 1.00. The molecule has 0 heterocycles. The minimum absolute atomic E-state index is 0.921. The summed E-state index contributed by atoms with van der Waals surface area (Å²) in [6.07, 6.45) is -1.62. The Bertz CT molecular complexity index is 352. The van der Waals surface area contributed by atoms with Crippen molar-refractivity contribution < 1.29 is 39.4 Å². The summed E-state index contributed by atoms with van der Waals surface area (Å²) in [5, 5.41) is 8.43. The molecule has 0 rings (SSSR count). The molecule has 0 saturated carbocycles. The zero-order chi connectivity index (χ0) is 11.4. The van der Waals surface area contributed by atoms with Gasteiger partial charge in [0, 0.05) is 0 Å². The lowest BCUT2D eigenvalue weighted by molar-refractivity contribution is 0.0647. The third-order valence-electron chi connectivity index (χ3n) is 0.864. The lowest BCUT2D eigenvalue weighted by Gasteiger charge is -2.10. The standard InChI is InChI=1S/C3H8O9S2/c4-1-3(12-14(8,9)10)2-11-13(5,6)7/h3-4H,1-2H2,(H,5,6,7)(H,8,9,10). The molecule has 0 aromatic heterocycles. The molecule has 14 heavy (non-hydrogen) atoms. The summed E-state index contributed by atoms with van der Waals surface area (Å²) in [6, 6.07) is 0. The molecule has 0 spiro atoms. The van der Waals surface area contributed by atoms with Gasteiger partial charge in [-0.1, -0.05) is 0 Å². The van der Waals surface area contributed by atoms with Gasteiger partial charge >= 0.3 is 20.8 Å². The van der Waals surface area contributed by atoms with Gasteiger partial charge in [-0.3, -0.25) is 9.11 Å². The molecule has 11 heteroatoms. The number of hydrogen-bond donors (Lipinski definition) is 3. The van der Waals surface area contributed by atoms with Gasteiger partial charge in [0.05, 0.1) is 13.2 Å². The first kappa shape index (κ1) is 13.7. The number of rotatable bonds is 6. The molecule has 0 aromatic carbocycles. The van der Waals surface area contributed by atoms with E-state index >= 15 is 0 Å². The van der Waals surface area contributed by atoms with Crippen molar-refractivity contribution in [2.24, 2.45) is 0 Å². The Kier molecular flexibility index (Phi) is 4.87. The summed E-state index contributed by atoms with van der Waals surface area (Å²) >= 11 is 0. The van der Waals surface area contributed by atoms with Crippen molar-refractivity contribution in [3.05, 3.63) is 0 Å². The van der Waals surface area contributed by atoms with E-state index in [-0.39, 0.29) is 0 Å². The molecule has 86 valence electrons. The molecule has 0 fully saturated rings. The normalized spacial score (nSPS) is 15.4. The van der Waals surface area contributed by atoms with E-state index in [9.17, 15) is 16.8 Å². The molecular formula is C3H8O9S2. The van der Waals surface area contributed by atoms with E-state index in [1.165, 1.54) is 0 Å². The van der Waals surface area contributed by atoms with Gasteiger partial charge < -0.3 is 5.11 Å². The van der Waals surface area contributed by atoms with Crippen molar-refractivity contribution in [2.45, 2.75) is 6.10 Å². The maximum Gasteiger partial charge on any atom is 0.397 e. The lowest BCUT2D eigenvalue weighted by atomic mass is 10.4. The Morgan fingerprint density at radius 1 is 1.07 bits per heavy atom. The highest BCUT2D eigenvalue weighted by Gasteiger charge is 2.19. The van der Waals surface area contributed by atoms with Crippen molar-refractivity contribution in [1.29, 1.82) is 0 Å². The monoisotopic (exact) mass is 252 g/mol. The van der Waals surface area contributed by atoms with Crippen LogP contribution >= 0.6 is 0 Å². The van der Waals surface area contributed by atoms with Crippen molar-refractivity contribution in [1.82, 2.24) is 0 Å². The van der Waals surface area contributed by atoms with Crippen molar-refractivity contribution in [3.8, 4) is 0 Å². The van der Waals surface area contributed by atoms with Crippen LogP contribution in [0.5, 0.6) is 0 Å². The molecule has 0 aromatic rings. The second kappa shape index (κ2) is 4.97. The van der Waals surface area contributed by atoms with Gasteiger partial charge in [0.2, 0.25) is 0 Å². The predicted molar refractivity (Wildman–Crippen MR) is 41.0 cm³/mol. The third kappa shape index (κ3) is 8.31. The minimum Gasteiger partial charge on any atom is -0.394 e. The van der Waals surface area contributed by atoms with Crippen LogP contribution in [0.2, 0.25) is 0 Å². The molecule has 0 saturated heterocycles. The largest absolute Gasteiger partial charge is 0.397 e. The lowest BCUT2D eigenvalue weighted by Crippen LogP contribution is -2.28. The van der Waals surface area contributed by atoms with Crippen LogP contribution in [0.25, 0.3) is 0 Å². The van der Waals surface area contributed by atoms with E-state index in [0.29, 0.717) is 0 Å². The molecule has 0 aliphatic carbocycles. The maximum atomic E-state index is 10.1. The SMILES string of the molecule is O=S(=O)(O)OCC(CO)OS(=O)(=O)O. The first-order chi connectivity index (χ1) is 6.14. The zero-order valence-electron chi connectivity index (χ0n) is 6.60. The average Bonchev–Trinajstić information content (AvgIpc) is 1.94. The second-order valence-electron chi connectivity index (χ2n) is 2.04. The Morgan fingerprint density at radius 3 is 1.86 bits per heavy atom. The smallest absolute Gasteiger partial charge is 0.394 e. The highest BCUT2D eigenvalue weighted by atomic mass is 32.3. The summed E-state index contributed by atoms with van der Waals surface area (Å²) in [5.74, 6) is 0. The minimum atomic E-state index is -4.82. The molecule has 3 N–H and O–H groups in total. The quantitative estimate of drug-likeness (QED) is 0.456. The molecule has 0 radical (unpaired) electrons. The highest BCUT2D eigenvalue weighted by Crippen LogP contribution is 1.99. The van der Waals surface area contributed by atoms with Crippen LogP contribution in [0.3, 0.4) is 0 Å². The van der Waals surface area contributed by atoms with Crippen LogP contribution in [0.15, 0.2) is 0 Å². The average molecular weight is 252 g/mol. The summed E-state index contributed by atoms with van der Waals surface area (Å²) < 4.78 is 63.8. The molecule has 0 amide bonds. The van der Waals surface area contributed by atoms with Gasteiger partial charge in [-0.15, -0.1) is 0 Å². The second-order valence-corrected chi connectivity index (χ2v) is 4.18. The van der Waals surface area contributed by atoms with Crippen LogP contribution in [-0.4, -0.2) is 50.4 Å². The van der Waals surface area contributed by atoms with E-state index < -0.39 is 40.1 Å². The summed E-state index contributed by atoms with van der Waals surface area (Å²) in [6.45, 7) is -1.87. The summed E-state index contributed by atoms with van der Waals surface area (Å²) in [7, 11) is -9.57. The fourth-order valence-corrected chi connectivity index (χ4v) is 1.23. The maximum absolute atomic E-state index is 10.1. The number of aliphatic hydroxyl groups is 1. The first-order valence-electron chi connectivity index (χ1n) is 3.02. The van der Waals surface area contributed by atoms with Crippen molar-refractivity contribution >= 4 is 20.8 Å². The zero-order valence-corrected chi connectivity index (χ0v) is 8.23. The molecular weight excluding hydrogens is 244 g/mol. The first-order valence-corrected chi connectivity index (χ1v) is 5.75. The van der Waals surface area contributed by atoms with Gasteiger partial charge in [0.1, 0.15) is 6.10 Å². The van der Waals surface area contributed by atoms with Gasteiger partial charge in [-0.25, -0.2) is 8.37 Å². The van der Waals surface area contributed by atoms with Crippen molar-refractivity contribution in [2.75, 3.05) is 13.2 Å². The molecule has 1 atom stereocenters. The number of aliphatic hydroxyl groups excluding tert-OH is 1. The van der Waals surface area contributed by atoms with E-state index in [1.54, 1.807) is 0 Å². The van der Waals surface area contributed by atoms with E-state index in [2.05, 4.69) is 8.37 Å².